The smallest absolute Gasteiger partial charge is 0.417 e. The number of nitrogens with zero attached hydrogens (tertiary/aromatic N) is 2. The Morgan fingerprint density at radius 3 is 2.05 bits per heavy atom. The largest absolute Gasteiger partial charge is 0.493 e. The van der Waals surface area contributed by atoms with Crippen LogP contribution in [0.1, 0.15) is 55.7 Å². The predicted molar refractivity (Wildman–Crippen MR) is 162 cm³/mol. The second kappa shape index (κ2) is 17.1. The van der Waals surface area contributed by atoms with E-state index in [1.807, 2.05) is 91.8 Å². The average Bonchev–Trinajstić information content (AvgIpc) is 3.64. The molecule has 7 heteroatoms. The van der Waals surface area contributed by atoms with Gasteiger partial charge in [0.05, 0.1) is 13.2 Å². The maximum absolute atomic E-state index is 12.2. The summed E-state index contributed by atoms with van der Waals surface area (Å²) in [5, 5.41) is 0. The molecule has 3 aromatic rings. The number of hydrogen-bond acceptors (Lipinski definition) is 6. The van der Waals surface area contributed by atoms with Gasteiger partial charge in [0.25, 0.3) is 0 Å². The SMILES string of the molecule is CN(C)CCCC(=O)N1C(=O)OC[C@H]1c1ccccc1.COc1ccccc1OC1CCCC1.Cc1ccccc1. The molecule has 1 aliphatic carbocycles. The highest BCUT2D eigenvalue weighted by Crippen LogP contribution is 2.31. The van der Waals surface area contributed by atoms with E-state index in [2.05, 4.69) is 19.1 Å². The standard InChI is InChI=1S/C15H20N2O3.C12H16O2.C7H8/c1-16(2)10-6-9-14(18)17-13(11-20-15(17)19)12-7-4-3-5-8-12;1-13-11-8-4-5-9-12(11)14-10-6-2-3-7-10;1-7-5-3-2-4-6-7/h3-5,7-8,13H,6,9-11H2,1-2H3;4-5,8-10H,2-3,6-7H2,1H3;2-6H,1H3/t13-;;/m0../s1. The Morgan fingerprint density at radius 2 is 1.49 bits per heavy atom. The number of hydrogen-bond donors (Lipinski definition) is 0. The summed E-state index contributed by atoms with van der Waals surface area (Å²) in [6.07, 6.45) is 5.89. The first kappa shape index (κ1) is 31.7. The number of benzene rings is 3. The maximum atomic E-state index is 12.2. The molecule has 2 aliphatic rings. The van der Waals surface area contributed by atoms with Crippen LogP contribution in [0, 0.1) is 6.92 Å². The van der Waals surface area contributed by atoms with Crippen molar-refractivity contribution in [2.75, 3.05) is 34.4 Å². The lowest BCUT2D eigenvalue weighted by atomic mass is 10.1. The lowest BCUT2D eigenvalue weighted by Gasteiger charge is -2.20. The van der Waals surface area contributed by atoms with Gasteiger partial charge >= 0.3 is 6.09 Å². The van der Waals surface area contributed by atoms with Gasteiger partial charge in [-0.3, -0.25) is 4.79 Å². The summed E-state index contributed by atoms with van der Waals surface area (Å²) in [5.74, 6) is 1.55. The Kier molecular flexibility index (Phi) is 13.2. The third-order valence-electron chi connectivity index (χ3n) is 6.93. The van der Waals surface area contributed by atoms with Gasteiger partial charge in [0.15, 0.2) is 11.5 Å². The van der Waals surface area contributed by atoms with Crippen molar-refractivity contribution in [3.63, 3.8) is 0 Å². The van der Waals surface area contributed by atoms with E-state index in [0.717, 1.165) is 30.0 Å². The van der Waals surface area contributed by atoms with Gasteiger partial charge in [0, 0.05) is 6.42 Å². The number of carbonyl (C=O) groups excluding carboxylic acids is 2. The fourth-order valence-electron chi connectivity index (χ4n) is 4.72. The Labute approximate surface area is 245 Å². The van der Waals surface area contributed by atoms with Crippen molar-refractivity contribution < 1.29 is 23.8 Å². The molecule has 0 N–H and O–H groups in total. The van der Waals surface area contributed by atoms with Crippen molar-refractivity contribution in [2.45, 2.75) is 57.6 Å². The van der Waals surface area contributed by atoms with Gasteiger partial charge in [-0.15, -0.1) is 0 Å². The summed E-state index contributed by atoms with van der Waals surface area (Å²) in [6.45, 7) is 3.15. The molecule has 41 heavy (non-hydrogen) atoms. The van der Waals surface area contributed by atoms with Crippen LogP contribution in [0.4, 0.5) is 4.79 Å². The van der Waals surface area contributed by atoms with Gasteiger partial charge < -0.3 is 19.1 Å². The topological polar surface area (TPSA) is 68.3 Å². The zero-order chi connectivity index (χ0) is 29.5. The minimum atomic E-state index is -0.534. The number of aryl methyl sites for hydroxylation is 1. The van der Waals surface area contributed by atoms with Crippen LogP contribution >= 0.6 is 0 Å². The molecule has 1 saturated carbocycles. The molecule has 1 heterocycles. The average molecular weight is 561 g/mol. The van der Waals surface area contributed by atoms with E-state index in [1.54, 1.807) is 7.11 Å². The number of ether oxygens (including phenoxy) is 3. The Balaban J connectivity index is 0.000000189. The Bertz CT molecular complexity index is 1180. The van der Waals surface area contributed by atoms with Crippen LogP contribution in [0.3, 0.4) is 0 Å². The van der Waals surface area contributed by atoms with Gasteiger partial charge in [-0.25, -0.2) is 9.69 Å². The molecule has 2 fully saturated rings. The zero-order valence-corrected chi connectivity index (χ0v) is 24.8. The number of amides is 2. The van der Waals surface area contributed by atoms with Gasteiger partial charge in [-0.05, 0) is 77.4 Å². The molecule has 5 rings (SSSR count). The molecule has 0 radical (unpaired) electrons. The van der Waals surface area contributed by atoms with Crippen molar-refractivity contribution in [3.05, 3.63) is 96.1 Å². The van der Waals surface area contributed by atoms with Gasteiger partial charge in [0.2, 0.25) is 5.91 Å². The van der Waals surface area contributed by atoms with Crippen LogP contribution in [0.2, 0.25) is 0 Å². The summed E-state index contributed by atoms with van der Waals surface area (Å²) in [4.78, 5) is 27.3. The number of cyclic esters (lactones) is 1. The third kappa shape index (κ3) is 10.6. The van der Waals surface area contributed by atoms with E-state index >= 15 is 0 Å². The molecule has 220 valence electrons. The first-order valence-corrected chi connectivity index (χ1v) is 14.4. The maximum Gasteiger partial charge on any atom is 0.417 e. The summed E-state index contributed by atoms with van der Waals surface area (Å²) in [6, 6.07) is 27.3. The van der Waals surface area contributed by atoms with Crippen LogP contribution in [-0.4, -0.2) is 62.3 Å². The monoisotopic (exact) mass is 560 g/mol. The van der Waals surface area contributed by atoms with Gasteiger partial charge in [-0.2, -0.15) is 0 Å². The molecule has 0 unspecified atom stereocenters. The molecule has 1 atom stereocenters. The quantitative estimate of drug-likeness (QED) is 0.294. The molecule has 1 saturated heterocycles. The molecule has 1 aliphatic heterocycles. The third-order valence-corrected chi connectivity index (χ3v) is 6.93. The van der Waals surface area contributed by atoms with E-state index in [0.29, 0.717) is 12.5 Å². The van der Waals surface area contributed by atoms with Crippen LogP contribution in [0.25, 0.3) is 0 Å². The van der Waals surface area contributed by atoms with Gasteiger partial charge in [0.1, 0.15) is 12.6 Å². The Morgan fingerprint density at radius 1 is 0.902 bits per heavy atom. The highest BCUT2D eigenvalue weighted by Gasteiger charge is 2.38. The number of carbonyl (C=O) groups is 2. The normalized spacial score (nSPS) is 16.3. The van der Waals surface area contributed by atoms with Crippen molar-refractivity contribution in [2.24, 2.45) is 0 Å². The lowest BCUT2D eigenvalue weighted by Crippen LogP contribution is -2.34. The fraction of sp³-hybridized carbons (Fsp3) is 0.412. The van der Waals surface area contributed by atoms with Crippen molar-refractivity contribution >= 4 is 12.0 Å². The highest BCUT2D eigenvalue weighted by molar-refractivity contribution is 5.93. The first-order chi connectivity index (χ1) is 19.9. The summed E-state index contributed by atoms with van der Waals surface area (Å²) < 4.78 is 16.1. The Hall–Kier alpha value is -3.84. The molecular formula is C34H44N2O5. The number of methoxy groups -OCH3 is 1. The fourth-order valence-corrected chi connectivity index (χ4v) is 4.72. The molecule has 0 spiro atoms. The first-order valence-electron chi connectivity index (χ1n) is 14.4. The highest BCUT2D eigenvalue weighted by atomic mass is 16.6. The number of para-hydroxylation sites is 2. The second-order valence-corrected chi connectivity index (χ2v) is 10.5. The van der Waals surface area contributed by atoms with E-state index in [9.17, 15) is 9.59 Å². The van der Waals surface area contributed by atoms with Crippen molar-refractivity contribution in [3.8, 4) is 11.5 Å². The second-order valence-electron chi connectivity index (χ2n) is 10.5. The van der Waals surface area contributed by atoms with E-state index in [-0.39, 0.29) is 18.6 Å². The molecule has 3 aromatic carbocycles. The molecule has 0 bridgehead atoms. The molecule has 7 nitrogen and oxygen atoms in total. The summed E-state index contributed by atoms with van der Waals surface area (Å²) in [5.41, 5.74) is 2.25. The van der Waals surface area contributed by atoms with E-state index < -0.39 is 6.09 Å². The number of imide groups is 1. The summed E-state index contributed by atoms with van der Waals surface area (Å²) in [7, 11) is 5.60. The van der Waals surface area contributed by atoms with Gasteiger partial charge in [-0.1, -0.05) is 78.4 Å². The molecule has 2 amide bonds. The van der Waals surface area contributed by atoms with E-state index in [4.69, 9.17) is 14.2 Å². The minimum absolute atomic E-state index is 0.164. The number of rotatable bonds is 8. The van der Waals surface area contributed by atoms with Crippen LogP contribution in [-0.2, 0) is 9.53 Å². The van der Waals surface area contributed by atoms with Crippen LogP contribution < -0.4 is 9.47 Å². The lowest BCUT2D eigenvalue weighted by molar-refractivity contribution is -0.129. The van der Waals surface area contributed by atoms with Crippen LogP contribution in [0.5, 0.6) is 11.5 Å². The van der Waals surface area contributed by atoms with Crippen molar-refractivity contribution in [1.29, 1.82) is 0 Å². The molecule has 0 aromatic heterocycles. The minimum Gasteiger partial charge on any atom is -0.493 e. The van der Waals surface area contributed by atoms with Crippen LogP contribution in [0.15, 0.2) is 84.9 Å². The zero-order valence-electron chi connectivity index (χ0n) is 24.8. The molecular weight excluding hydrogens is 516 g/mol. The van der Waals surface area contributed by atoms with Crippen molar-refractivity contribution in [1.82, 2.24) is 9.80 Å². The summed E-state index contributed by atoms with van der Waals surface area (Å²) >= 11 is 0. The predicted octanol–water partition coefficient (Wildman–Crippen LogP) is 7.06. The van der Waals surface area contributed by atoms with E-state index in [1.165, 1.54) is 36.1 Å².